The van der Waals surface area contributed by atoms with Crippen LogP contribution in [0.5, 0.6) is 5.75 Å². The molecule has 0 radical (unpaired) electrons. The molecule has 1 saturated carbocycles. The molecule has 2 saturated heterocycles. The number of hydrogen-bond donors (Lipinski definition) is 2. The van der Waals surface area contributed by atoms with Gasteiger partial charge in [-0.1, -0.05) is 42.6 Å². The van der Waals surface area contributed by atoms with Crippen molar-refractivity contribution in [2.75, 3.05) is 7.05 Å². The molecule has 3 aromatic carbocycles. The highest BCUT2D eigenvalue weighted by Gasteiger charge is 2.39. The van der Waals surface area contributed by atoms with Crippen LogP contribution in [0.1, 0.15) is 73.3 Å². The summed E-state index contributed by atoms with van der Waals surface area (Å²) in [5, 5.41) is 12.7. The zero-order valence-electron chi connectivity index (χ0n) is 23.5. The van der Waals surface area contributed by atoms with Crippen LogP contribution in [0.4, 0.5) is 0 Å². The van der Waals surface area contributed by atoms with Gasteiger partial charge in [-0.2, -0.15) is 5.10 Å². The highest BCUT2D eigenvalue weighted by molar-refractivity contribution is 6.31. The molecule has 3 fully saturated rings. The van der Waals surface area contributed by atoms with Crippen LogP contribution in [-0.2, 0) is 0 Å². The van der Waals surface area contributed by atoms with Crippen molar-refractivity contribution in [2.45, 2.75) is 75.6 Å². The van der Waals surface area contributed by atoms with Gasteiger partial charge in [0.05, 0.1) is 17.3 Å². The first kappa shape index (κ1) is 26.5. The molecular formula is C34H37ClN4O2. The van der Waals surface area contributed by atoms with Gasteiger partial charge in [0.1, 0.15) is 11.9 Å². The van der Waals surface area contributed by atoms with E-state index >= 15 is 0 Å². The number of benzene rings is 3. The largest absolute Gasteiger partial charge is 0.490 e. The lowest BCUT2D eigenvalue weighted by atomic mass is 9.91. The first-order valence-electron chi connectivity index (χ1n) is 15.1. The van der Waals surface area contributed by atoms with Crippen molar-refractivity contribution in [1.29, 1.82) is 0 Å². The molecule has 2 bridgehead atoms. The number of fused-ring (bicyclic) bond motifs is 3. The molecule has 1 aromatic heterocycles. The van der Waals surface area contributed by atoms with Crippen molar-refractivity contribution < 1.29 is 9.53 Å². The molecule has 3 heterocycles. The molecule has 1 unspecified atom stereocenters. The molecule has 4 atom stereocenters. The maximum Gasteiger partial charge on any atom is 0.251 e. The monoisotopic (exact) mass is 568 g/mol. The zero-order chi connectivity index (χ0) is 27.9. The van der Waals surface area contributed by atoms with Crippen molar-refractivity contribution in [2.24, 2.45) is 5.92 Å². The van der Waals surface area contributed by atoms with Crippen molar-refractivity contribution in [1.82, 2.24) is 20.4 Å². The van der Waals surface area contributed by atoms with Gasteiger partial charge >= 0.3 is 0 Å². The average molecular weight is 569 g/mol. The number of aromatic amines is 1. The van der Waals surface area contributed by atoms with Crippen molar-refractivity contribution in [3.8, 4) is 17.0 Å². The summed E-state index contributed by atoms with van der Waals surface area (Å²) in [5.41, 5.74) is 4.33. The number of rotatable bonds is 7. The Morgan fingerprint density at radius 2 is 1.73 bits per heavy atom. The second-order valence-corrected chi connectivity index (χ2v) is 12.5. The molecule has 0 spiro atoms. The Morgan fingerprint density at radius 3 is 2.46 bits per heavy atom. The fourth-order valence-corrected chi connectivity index (χ4v) is 7.66. The summed E-state index contributed by atoms with van der Waals surface area (Å²) in [6.45, 7) is 0. The highest BCUT2D eigenvalue weighted by Crippen LogP contribution is 2.39. The molecule has 7 heteroatoms. The molecule has 2 aliphatic heterocycles. The summed E-state index contributed by atoms with van der Waals surface area (Å²) in [7, 11) is 2.25. The molecule has 2 N–H and O–H groups in total. The average Bonchev–Trinajstić information content (AvgIpc) is 3.71. The smallest absolute Gasteiger partial charge is 0.251 e. The van der Waals surface area contributed by atoms with E-state index in [9.17, 15) is 4.79 Å². The number of piperidine rings is 1. The number of aromatic nitrogens is 2. The van der Waals surface area contributed by atoms with Gasteiger partial charge in [0, 0.05) is 33.6 Å². The lowest BCUT2D eigenvalue weighted by molar-refractivity contribution is 0.0662. The summed E-state index contributed by atoms with van der Waals surface area (Å²) in [5.74, 6) is 1.20. The number of hydrogen-bond acceptors (Lipinski definition) is 4. The molecule has 41 heavy (non-hydrogen) atoms. The van der Waals surface area contributed by atoms with Crippen molar-refractivity contribution >= 4 is 28.4 Å². The summed E-state index contributed by atoms with van der Waals surface area (Å²) >= 11 is 6.59. The number of ether oxygens (including phenoxy) is 1. The second kappa shape index (κ2) is 11.1. The third-order valence-electron chi connectivity index (χ3n) is 9.71. The minimum Gasteiger partial charge on any atom is -0.490 e. The van der Waals surface area contributed by atoms with Crippen LogP contribution in [0.25, 0.3) is 22.2 Å². The normalized spacial score (nSPS) is 23.6. The SMILES string of the molecule is CN1[C@@H]2CC[C@H]1C[C@@H](Oc1ccc(-c3n[nH]c4ccc(C(=O)NC(c5ccccc5Cl)C5CCCC5)cc34)cc1)C2. The van der Waals surface area contributed by atoms with E-state index in [1.54, 1.807) is 0 Å². The number of H-pyrrole nitrogens is 1. The zero-order valence-corrected chi connectivity index (χ0v) is 24.2. The topological polar surface area (TPSA) is 70.2 Å². The molecule has 7 rings (SSSR count). The van der Waals surface area contributed by atoms with Crippen LogP contribution >= 0.6 is 11.6 Å². The van der Waals surface area contributed by atoms with Gasteiger partial charge in [-0.05, 0) is 106 Å². The van der Waals surface area contributed by atoms with Crippen LogP contribution in [0.15, 0.2) is 66.7 Å². The van der Waals surface area contributed by atoms with E-state index in [4.69, 9.17) is 16.3 Å². The minimum atomic E-state index is -0.106. The lowest BCUT2D eigenvalue weighted by Gasteiger charge is -2.36. The van der Waals surface area contributed by atoms with Gasteiger partial charge in [-0.3, -0.25) is 9.89 Å². The fraction of sp³-hybridized carbons (Fsp3) is 0.412. The Bertz CT molecular complexity index is 1530. The third-order valence-corrected chi connectivity index (χ3v) is 10.1. The van der Waals surface area contributed by atoms with Gasteiger partial charge in [0.2, 0.25) is 0 Å². The summed E-state index contributed by atoms with van der Waals surface area (Å²) in [6.07, 6.45) is 9.62. The predicted octanol–water partition coefficient (Wildman–Crippen LogP) is 7.55. The molecule has 6 nitrogen and oxygen atoms in total. The van der Waals surface area contributed by atoms with Crippen LogP contribution in [0.2, 0.25) is 5.02 Å². The van der Waals surface area contributed by atoms with Gasteiger partial charge in [0.15, 0.2) is 0 Å². The Hall–Kier alpha value is -3.35. The molecule has 3 aliphatic rings. The maximum absolute atomic E-state index is 13.6. The third kappa shape index (κ3) is 5.24. The van der Waals surface area contributed by atoms with E-state index in [2.05, 4.69) is 39.6 Å². The summed E-state index contributed by atoms with van der Waals surface area (Å²) in [4.78, 5) is 16.1. The number of halogens is 1. The number of amides is 1. The summed E-state index contributed by atoms with van der Waals surface area (Å²) < 4.78 is 6.40. The van der Waals surface area contributed by atoms with E-state index < -0.39 is 0 Å². The van der Waals surface area contributed by atoms with Crippen molar-refractivity contribution in [3.63, 3.8) is 0 Å². The Balaban J connectivity index is 1.10. The van der Waals surface area contributed by atoms with Gasteiger partial charge in [0.25, 0.3) is 5.91 Å². The van der Waals surface area contributed by atoms with Crippen LogP contribution in [0.3, 0.4) is 0 Å². The maximum atomic E-state index is 13.6. The first-order valence-corrected chi connectivity index (χ1v) is 15.4. The van der Waals surface area contributed by atoms with Gasteiger partial charge in [-0.25, -0.2) is 0 Å². The second-order valence-electron chi connectivity index (χ2n) is 12.1. The van der Waals surface area contributed by atoms with Gasteiger partial charge in [-0.15, -0.1) is 0 Å². The standard InChI is InChI=1S/C34H37ClN4O2/c1-39-24-13-14-25(39)20-27(19-24)41-26-15-10-22(11-16-26)33-29-18-23(12-17-31(29)37-38-33)34(40)36-32(21-6-2-3-7-21)28-8-4-5-9-30(28)35/h4-5,8-12,15-18,21,24-25,27,32H,2-3,6-7,13-14,19-20H2,1H3,(H,36,40)(H,37,38)/t24-,25+,27+,32?. The quantitative estimate of drug-likeness (QED) is 0.241. The van der Waals surface area contributed by atoms with Gasteiger partial charge < -0.3 is 15.0 Å². The number of nitrogens with one attached hydrogen (secondary N) is 2. The van der Waals surface area contributed by atoms with E-state index in [0.717, 1.165) is 59.2 Å². The molecule has 1 aliphatic carbocycles. The predicted molar refractivity (Wildman–Crippen MR) is 163 cm³/mol. The molecular weight excluding hydrogens is 532 g/mol. The molecule has 4 aromatic rings. The van der Waals surface area contributed by atoms with Crippen LogP contribution in [-0.4, -0.2) is 46.2 Å². The first-order chi connectivity index (χ1) is 20.0. The van der Waals surface area contributed by atoms with E-state index in [-0.39, 0.29) is 18.1 Å². The Labute approximate surface area is 246 Å². The Morgan fingerprint density at radius 1 is 1.00 bits per heavy atom. The number of carbonyl (C=O) groups is 1. The van der Waals surface area contributed by atoms with E-state index in [1.807, 2.05) is 54.6 Å². The minimum absolute atomic E-state index is 0.0910. The van der Waals surface area contributed by atoms with E-state index in [0.29, 0.717) is 28.6 Å². The number of carbonyl (C=O) groups excluding carboxylic acids is 1. The molecule has 212 valence electrons. The van der Waals surface area contributed by atoms with E-state index in [1.165, 1.54) is 25.7 Å². The number of nitrogens with zero attached hydrogens (tertiary/aromatic N) is 2. The summed E-state index contributed by atoms with van der Waals surface area (Å²) in [6, 6.07) is 23.0. The highest BCUT2D eigenvalue weighted by atomic mass is 35.5. The van der Waals surface area contributed by atoms with Crippen molar-refractivity contribution in [3.05, 3.63) is 82.9 Å². The Kier molecular flexibility index (Phi) is 7.21. The lowest BCUT2D eigenvalue weighted by Crippen LogP contribution is -2.43. The van der Waals surface area contributed by atoms with Crippen LogP contribution < -0.4 is 10.1 Å². The fourth-order valence-electron chi connectivity index (χ4n) is 7.41. The molecule has 1 amide bonds. The van der Waals surface area contributed by atoms with Crippen LogP contribution in [0, 0.1) is 5.92 Å².